The van der Waals surface area contributed by atoms with Gasteiger partial charge in [-0.3, -0.25) is 9.69 Å². The fraction of sp³-hybridized carbons (Fsp3) is 0.500. The third kappa shape index (κ3) is 1.81. The van der Waals surface area contributed by atoms with Crippen molar-refractivity contribution in [3.05, 3.63) is 34.6 Å². The Hall–Kier alpha value is -1.42. The van der Waals surface area contributed by atoms with Gasteiger partial charge in [-0.2, -0.15) is 0 Å². The highest BCUT2D eigenvalue weighted by Gasteiger charge is 2.31. The average Bonchev–Trinajstić information content (AvgIpc) is 2.82. The zero-order valence-electron chi connectivity index (χ0n) is 10.5. The summed E-state index contributed by atoms with van der Waals surface area (Å²) in [7, 11) is 1.57. The maximum atomic E-state index is 14.1. The normalized spacial score (nSPS) is 22.4. The minimum Gasteiger partial charge on any atom is -0.355 e. The molecule has 18 heavy (non-hydrogen) atoms. The molecule has 0 aliphatic carbocycles. The zero-order valence-corrected chi connectivity index (χ0v) is 10.5. The second kappa shape index (κ2) is 4.35. The molecule has 0 aromatic heterocycles. The fourth-order valence-corrected chi connectivity index (χ4v) is 3.12. The molecule has 2 aliphatic rings. The predicted molar refractivity (Wildman–Crippen MR) is 66.9 cm³/mol. The maximum Gasteiger partial charge on any atom is 0.251 e. The SMILES string of the molecule is CNC(=O)c1cc(F)c2c(c1)C[C@@H]1CCCN1C2. The molecular weight excluding hydrogens is 231 g/mol. The van der Waals surface area contributed by atoms with E-state index in [-0.39, 0.29) is 11.7 Å². The standard InChI is InChI=1S/C14H17FN2O/c1-16-14(18)10-5-9-6-11-3-2-4-17(11)8-12(9)13(15)7-10/h5,7,11H,2-4,6,8H2,1H3,(H,16,18)/t11-/m0/s1. The number of nitrogens with zero attached hydrogens (tertiary/aromatic N) is 1. The van der Waals surface area contributed by atoms with E-state index in [1.807, 2.05) is 6.07 Å². The van der Waals surface area contributed by atoms with E-state index in [0.29, 0.717) is 18.2 Å². The van der Waals surface area contributed by atoms with Crippen LogP contribution >= 0.6 is 0 Å². The number of hydrogen-bond acceptors (Lipinski definition) is 2. The number of carbonyl (C=O) groups is 1. The van der Waals surface area contributed by atoms with E-state index in [4.69, 9.17) is 0 Å². The molecule has 2 aliphatic heterocycles. The molecule has 2 heterocycles. The molecule has 1 saturated heterocycles. The van der Waals surface area contributed by atoms with Crippen molar-refractivity contribution in [2.45, 2.75) is 31.8 Å². The molecule has 0 spiro atoms. The molecule has 0 bridgehead atoms. The molecule has 1 fully saturated rings. The summed E-state index contributed by atoms with van der Waals surface area (Å²) in [4.78, 5) is 13.9. The molecule has 0 unspecified atom stereocenters. The Morgan fingerprint density at radius 3 is 3.11 bits per heavy atom. The van der Waals surface area contributed by atoms with Crippen molar-refractivity contribution < 1.29 is 9.18 Å². The van der Waals surface area contributed by atoms with Crippen molar-refractivity contribution in [1.29, 1.82) is 0 Å². The summed E-state index contributed by atoms with van der Waals surface area (Å²) < 4.78 is 14.1. The Labute approximate surface area is 106 Å². The molecule has 1 atom stereocenters. The lowest BCUT2D eigenvalue weighted by Crippen LogP contribution is -2.36. The van der Waals surface area contributed by atoms with Gasteiger partial charge in [-0.15, -0.1) is 0 Å². The van der Waals surface area contributed by atoms with Crippen molar-refractivity contribution in [2.24, 2.45) is 0 Å². The van der Waals surface area contributed by atoms with Crippen LogP contribution in [0.5, 0.6) is 0 Å². The largest absolute Gasteiger partial charge is 0.355 e. The van der Waals surface area contributed by atoms with Crippen molar-refractivity contribution >= 4 is 5.91 Å². The number of carbonyl (C=O) groups excluding carboxylic acids is 1. The molecule has 1 aromatic carbocycles. The first-order chi connectivity index (χ1) is 8.69. The average molecular weight is 248 g/mol. The molecule has 0 saturated carbocycles. The summed E-state index contributed by atoms with van der Waals surface area (Å²) >= 11 is 0. The van der Waals surface area contributed by atoms with Gasteiger partial charge in [-0.25, -0.2) is 4.39 Å². The minimum atomic E-state index is -0.239. The van der Waals surface area contributed by atoms with Gasteiger partial charge in [0.25, 0.3) is 5.91 Å². The lowest BCUT2D eigenvalue weighted by molar-refractivity contribution is 0.0962. The van der Waals surface area contributed by atoms with Gasteiger partial charge < -0.3 is 5.32 Å². The van der Waals surface area contributed by atoms with E-state index < -0.39 is 0 Å². The predicted octanol–water partition coefficient (Wildman–Crippen LogP) is 1.71. The van der Waals surface area contributed by atoms with Crippen molar-refractivity contribution in [3.63, 3.8) is 0 Å². The van der Waals surface area contributed by atoms with Gasteiger partial charge >= 0.3 is 0 Å². The van der Waals surface area contributed by atoms with Crippen molar-refractivity contribution in [3.8, 4) is 0 Å². The molecule has 1 amide bonds. The number of nitrogens with one attached hydrogen (secondary N) is 1. The number of halogens is 1. The van der Waals surface area contributed by atoms with Crippen LogP contribution in [0.15, 0.2) is 12.1 Å². The van der Waals surface area contributed by atoms with Crippen LogP contribution in [0.3, 0.4) is 0 Å². The number of fused-ring (bicyclic) bond motifs is 2. The Bertz CT molecular complexity index is 501. The Morgan fingerprint density at radius 1 is 1.50 bits per heavy atom. The third-order valence-electron chi connectivity index (χ3n) is 4.09. The number of amides is 1. The van der Waals surface area contributed by atoms with Gasteiger partial charge in [0.15, 0.2) is 0 Å². The zero-order chi connectivity index (χ0) is 12.7. The second-order valence-electron chi connectivity index (χ2n) is 5.15. The highest BCUT2D eigenvalue weighted by atomic mass is 19.1. The Balaban J connectivity index is 1.99. The minimum absolute atomic E-state index is 0.217. The molecular formula is C14H17FN2O. The fourth-order valence-electron chi connectivity index (χ4n) is 3.12. The van der Waals surface area contributed by atoms with Crippen molar-refractivity contribution in [2.75, 3.05) is 13.6 Å². The van der Waals surface area contributed by atoms with Gasteiger partial charge in [0.05, 0.1) is 0 Å². The van der Waals surface area contributed by atoms with E-state index in [9.17, 15) is 9.18 Å². The molecule has 3 rings (SSSR count). The van der Waals surface area contributed by atoms with Crippen LogP contribution in [0.1, 0.15) is 34.3 Å². The molecule has 96 valence electrons. The highest BCUT2D eigenvalue weighted by molar-refractivity contribution is 5.94. The summed E-state index contributed by atoms with van der Waals surface area (Å²) in [6.45, 7) is 1.76. The van der Waals surface area contributed by atoms with Crippen molar-refractivity contribution in [1.82, 2.24) is 10.2 Å². The maximum absolute atomic E-state index is 14.1. The van der Waals surface area contributed by atoms with Crippen LogP contribution in [0.25, 0.3) is 0 Å². The first kappa shape index (κ1) is 11.7. The first-order valence-corrected chi connectivity index (χ1v) is 6.46. The summed E-state index contributed by atoms with van der Waals surface area (Å²) in [6.07, 6.45) is 3.25. The van der Waals surface area contributed by atoms with Gasteiger partial charge in [0, 0.05) is 30.8 Å². The lowest BCUT2D eigenvalue weighted by Gasteiger charge is -2.31. The highest BCUT2D eigenvalue weighted by Crippen LogP contribution is 2.32. The topological polar surface area (TPSA) is 32.3 Å². The summed E-state index contributed by atoms with van der Waals surface area (Å²) in [5.41, 5.74) is 2.22. The van der Waals surface area contributed by atoms with Crippen LogP contribution in [-0.4, -0.2) is 30.4 Å². The monoisotopic (exact) mass is 248 g/mol. The van der Waals surface area contributed by atoms with Crippen LogP contribution in [0.2, 0.25) is 0 Å². The van der Waals surface area contributed by atoms with E-state index in [0.717, 1.165) is 24.1 Å². The van der Waals surface area contributed by atoms with Gasteiger partial charge in [-0.1, -0.05) is 0 Å². The number of benzene rings is 1. The van der Waals surface area contributed by atoms with Crippen LogP contribution in [-0.2, 0) is 13.0 Å². The van der Waals surface area contributed by atoms with Crippen LogP contribution < -0.4 is 5.32 Å². The smallest absolute Gasteiger partial charge is 0.251 e. The molecule has 0 radical (unpaired) electrons. The van der Waals surface area contributed by atoms with E-state index in [1.165, 1.54) is 18.9 Å². The Morgan fingerprint density at radius 2 is 2.33 bits per heavy atom. The summed E-state index contributed by atoms with van der Waals surface area (Å²) in [5.74, 6) is -0.456. The first-order valence-electron chi connectivity index (χ1n) is 6.46. The summed E-state index contributed by atoms with van der Waals surface area (Å²) in [5, 5.41) is 2.55. The lowest BCUT2D eigenvalue weighted by atomic mass is 9.92. The molecule has 1 N–H and O–H groups in total. The van der Waals surface area contributed by atoms with Gasteiger partial charge in [-0.05, 0) is 43.5 Å². The summed E-state index contributed by atoms with van der Waals surface area (Å²) in [6, 6.07) is 3.75. The molecule has 3 nitrogen and oxygen atoms in total. The van der Waals surface area contributed by atoms with E-state index in [2.05, 4.69) is 10.2 Å². The molecule has 4 heteroatoms. The number of rotatable bonds is 1. The second-order valence-corrected chi connectivity index (χ2v) is 5.15. The van der Waals surface area contributed by atoms with Crippen LogP contribution in [0.4, 0.5) is 4.39 Å². The number of hydrogen-bond donors (Lipinski definition) is 1. The van der Waals surface area contributed by atoms with Gasteiger partial charge in [0.1, 0.15) is 5.82 Å². The Kier molecular flexibility index (Phi) is 2.82. The van der Waals surface area contributed by atoms with E-state index in [1.54, 1.807) is 7.05 Å². The third-order valence-corrected chi connectivity index (χ3v) is 4.09. The van der Waals surface area contributed by atoms with Crippen LogP contribution in [0, 0.1) is 5.82 Å². The quantitative estimate of drug-likeness (QED) is 0.820. The van der Waals surface area contributed by atoms with E-state index >= 15 is 0 Å². The van der Waals surface area contributed by atoms with Gasteiger partial charge in [0.2, 0.25) is 0 Å². The molecule has 1 aromatic rings.